The normalized spacial score (nSPS) is 28.7. The van der Waals surface area contributed by atoms with Crippen molar-refractivity contribution in [1.82, 2.24) is 9.47 Å². The minimum absolute atomic E-state index is 0.0574. The molecule has 3 heterocycles. The molecule has 1 saturated carbocycles. The molecule has 1 aliphatic carbocycles. The van der Waals surface area contributed by atoms with Crippen molar-refractivity contribution in [3.63, 3.8) is 0 Å². The van der Waals surface area contributed by atoms with Crippen molar-refractivity contribution in [1.29, 1.82) is 0 Å². The number of piperazine rings is 1. The molecule has 3 aliphatic rings. The number of carboxylic acids is 1. The third-order valence-corrected chi connectivity index (χ3v) is 7.52. The number of ether oxygens (including phenoxy) is 2. The second-order valence-electron chi connectivity index (χ2n) is 10.0. The Balaban J connectivity index is 1.22. The number of hydrogen-bond acceptors (Lipinski definition) is 10. The predicted molar refractivity (Wildman–Crippen MR) is 132 cm³/mol. The molecule has 2 saturated heterocycles. The number of fused-ring (bicyclic) bond motifs is 1. The van der Waals surface area contributed by atoms with E-state index in [-0.39, 0.29) is 23.6 Å². The van der Waals surface area contributed by atoms with Crippen LogP contribution in [-0.2, 0) is 9.47 Å². The first kappa shape index (κ1) is 26.9. The fourth-order valence-electron chi connectivity index (χ4n) is 5.12. The first-order chi connectivity index (χ1) is 18.2. The molecule has 0 unspecified atom stereocenters. The van der Waals surface area contributed by atoms with E-state index in [1.165, 1.54) is 6.20 Å². The van der Waals surface area contributed by atoms with E-state index >= 15 is 4.39 Å². The van der Waals surface area contributed by atoms with Gasteiger partial charge in [-0.3, -0.25) is 9.69 Å². The number of carboxylic acid groups (broad SMARTS) is 1. The lowest BCUT2D eigenvalue weighted by Gasteiger charge is -2.40. The first-order valence-electron chi connectivity index (χ1n) is 12.7. The Morgan fingerprint density at radius 2 is 1.79 bits per heavy atom. The monoisotopic (exact) mass is 537 g/mol. The lowest BCUT2D eigenvalue weighted by Crippen LogP contribution is -2.59. The number of aromatic nitrogens is 1. The number of aliphatic hydroxyl groups excluding tert-OH is 4. The van der Waals surface area contributed by atoms with Crippen LogP contribution in [0.3, 0.4) is 0 Å². The van der Waals surface area contributed by atoms with Crippen LogP contribution in [0.2, 0.25) is 0 Å². The predicted octanol–water partition coefficient (Wildman–Crippen LogP) is -0.888. The number of benzene rings is 1. The number of rotatable bonds is 8. The lowest BCUT2D eigenvalue weighted by atomic mass is 9.99. The molecule has 0 amide bonds. The van der Waals surface area contributed by atoms with Crippen molar-refractivity contribution in [2.75, 3.05) is 50.8 Å². The van der Waals surface area contributed by atoms with Gasteiger partial charge in [-0.05, 0) is 25.0 Å². The number of anilines is 1. The highest BCUT2D eigenvalue weighted by Gasteiger charge is 2.44. The molecule has 3 fully saturated rings. The number of carbonyl (C=O) groups is 1. The highest BCUT2D eigenvalue weighted by molar-refractivity contribution is 5.93. The Labute approximate surface area is 217 Å². The lowest BCUT2D eigenvalue weighted by molar-refractivity contribution is -0.301. The summed E-state index contributed by atoms with van der Waals surface area (Å²) in [6.45, 7) is 2.28. The van der Waals surface area contributed by atoms with Crippen LogP contribution in [-0.4, -0.2) is 118 Å². The van der Waals surface area contributed by atoms with Gasteiger partial charge in [-0.25, -0.2) is 9.18 Å². The number of pyridine rings is 1. The van der Waals surface area contributed by atoms with Gasteiger partial charge in [0, 0.05) is 50.3 Å². The standard InChI is InChI=1S/C25H32FN3O9/c26-16-9-14-17(29(13-1-2-13)11-15(20(14)31)24(35)36)10-18(16)28-5-3-27(4-6-28)7-8-37-25-23(34)22(33)21(32)19(12-30)38-25/h9-11,13,19,21-23,25,30,32-34H,1-8,12H2,(H,35,36)/t19-,21-,22-,23-,25+/m0/s1. The SMILES string of the molecule is O=C(O)c1cn(C2CC2)c2cc(N3CCN(CCO[C@@H]4O[C@@H](CO)[C@H](O)[C@H](O)[C@@H]4O)CC3)c(F)cc2c1=O. The van der Waals surface area contributed by atoms with Gasteiger partial charge in [0.25, 0.3) is 0 Å². The van der Waals surface area contributed by atoms with E-state index in [1.807, 2.05) is 4.90 Å². The minimum atomic E-state index is -1.50. The number of nitrogens with zero attached hydrogens (tertiary/aromatic N) is 3. The molecule has 5 N–H and O–H groups in total. The maximum Gasteiger partial charge on any atom is 0.341 e. The first-order valence-corrected chi connectivity index (χ1v) is 12.7. The zero-order chi connectivity index (χ0) is 27.1. The molecule has 2 aromatic rings. The smallest absolute Gasteiger partial charge is 0.341 e. The highest BCUT2D eigenvalue weighted by atomic mass is 19.1. The van der Waals surface area contributed by atoms with E-state index in [9.17, 15) is 35.1 Å². The van der Waals surface area contributed by atoms with Gasteiger partial charge in [-0.15, -0.1) is 0 Å². The van der Waals surface area contributed by atoms with Crippen molar-refractivity contribution in [3.8, 4) is 0 Å². The fraction of sp³-hybridized carbons (Fsp3) is 0.600. The Kier molecular flexibility index (Phi) is 7.69. The molecular formula is C25H32FN3O9. The summed E-state index contributed by atoms with van der Waals surface area (Å²) in [6, 6.07) is 2.86. The average molecular weight is 538 g/mol. The third-order valence-electron chi connectivity index (χ3n) is 7.52. The Morgan fingerprint density at radius 3 is 2.42 bits per heavy atom. The second kappa shape index (κ2) is 10.8. The summed E-state index contributed by atoms with van der Waals surface area (Å²) in [5, 5.41) is 48.6. The van der Waals surface area contributed by atoms with Crippen LogP contribution in [0, 0.1) is 5.82 Å². The van der Waals surface area contributed by atoms with E-state index in [0.29, 0.717) is 43.9 Å². The van der Waals surface area contributed by atoms with E-state index in [1.54, 1.807) is 10.6 Å². The summed E-state index contributed by atoms with van der Waals surface area (Å²) in [5.74, 6) is -1.92. The molecule has 208 valence electrons. The molecule has 1 aromatic carbocycles. The van der Waals surface area contributed by atoms with Crippen LogP contribution in [0.15, 0.2) is 23.1 Å². The van der Waals surface area contributed by atoms with Gasteiger partial charge in [0.05, 0.1) is 24.4 Å². The van der Waals surface area contributed by atoms with Crippen molar-refractivity contribution in [2.24, 2.45) is 0 Å². The second-order valence-corrected chi connectivity index (χ2v) is 10.0. The maximum absolute atomic E-state index is 15.2. The molecule has 0 radical (unpaired) electrons. The topological polar surface area (TPSA) is 165 Å². The van der Waals surface area contributed by atoms with Gasteiger partial charge in [0.2, 0.25) is 5.43 Å². The van der Waals surface area contributed by atoms with Crippen molar-refractivity contribution in [3.05, 3.63) is 39.9 Å². The summed E-state index contributed by atoms with van der Waals surface area (Å²) >= 11 is 0. The number of aromatic carboxylic acids is 1. The van der Waals surface area contributed by atoms with Gasteiger partial charge < -0.3 is 44.5 Å². The van der Waals surface area contributed by atoms with E-state index < -0.39 is 54.5 Å². The van der Waals surface area contributed by atoms with Crippen LogP contribution in [0.5, 0.6) is 0 Å². The van der Waals surface area contributed by atoms with Gasteiger partial charge in [-0.2, -0.15) is 0 Å². The van der Waals surface area contributed by atoms with Crippen molar-refractivity contribution < 1.29 is 44.2 Å². The largest absolute Gasteiger partial charge is 0.477 e. The Morgan fingerprint density at radius 1 is 1.08 bits per heavy atom. The molecular weight excluding hydrogens is 505 g/mol. The molecule has 38 heavy (non-hydrogen) atoms. The summed E-state index contributed by atoms with van der Waals surface area (Å²) in [7, 11) is 0. The zero-order valence-electron chi connectivity index (χ0n) is 20.6. The van der Waals surface area contributed by atoms with Crippen LogP contribution in [0.25, 0.3) is 10.9 Å². The van der Waals surface area contributed by atoms with Crippen LogP contribution in [0.4, 0.5) is 10.1 Å². The maximum atomic E-state index is 15.2. The molecule has 1 aromatic heterocycles. The van der Waals surface area contributed by atoms with Crippen LogP contribution < -0.4 is 10.3 Å². The van der Waals surface area contributed by atoms with Gasteiger partial charge in [-0.1, -0.05) is 0 Å². The van der Waals surface area contributed by atoms with Crippen LogP contribution >= 0.6 is 0 Å². The third kappa shape index (κ3) is 5.15. The van der Waals surface area contributed by atoms with Gasteiger partial charge >= 0.3 is 5.97 Å². The van der Waals surface area contributed by atoms with E-state index in [2.05, 4.69) is 4.90 Å². The molecule has 0 spiro atoms. The summed E-state index contributed by atoms with van der Waals surface area (Å²) in [4.78, 5) is 28.2. The average Bonchev–Trinajstić information content (AvgIpc) is 3.75. The summed E-state index contributed by atoms with van der Waals surface area (Å²) in [5.41, 5.74) is -0.184. The quantitative estimate of drug-likeness (QED) is 0.284. The Bertz CT molecular complexity index is 1240. The molecule has 12 nitrogen and oxygen atoms in total. The molecule has 2 aliphatic heterocycles. The highest BCUT2D eigenvalue weighted by Crippen LogP contribution is 2.38. The van der Waals surface area contributed by atoms with Gasteiger partial charge in [0.15, 0.2) is 6.29 Å². The van der Waals surface area contributed by atoms with E-state index in [4.69, 9.17) is 9.47 Å². The van der Waals surface area contributed by atoms with E-state index in [0.717, 1.165) is 18.9 Å². The van der Waals surface area contributed by atoms with Crippen molar-refractivity contribution >= 4 is 22.6 Å². The molecule has 13 heteroatoms. The number of aliphatic hydroxyl groups is 4. The Hall–Kier alpha value is -2.65. The molecule has 5 atom stereocenters. The molecule has 5 rings (SSSR count). The fourth-order valence-corrected chi connectivity index (χ4v) is 5.12. The van der Waals surface area contributed by atoms with Crippen LogP contribution in [0.1, 0.15) is 29.2 Å². The van der Waals surface area contributed by atoms with Crippen molar-refractivity contribution in [2.45, 2.75) is 49.6 Å². The zero-order valence-corrected chi connectivity index (χ0v) is 20.6. The summed E-state index contributed by atoms with van der Waals surface area (Å²) in [6.07, 6.45) is -3.54. The summed E-state index contributed by atoms with van der Waals surface area (Å²) < 4.78 is 27.8. The van der Waals surface area contributed by atoms with Gasteiger partial charge in [0.1, 0.15) is 35.8 Å². The number of hydrogen-bond donors (Lipinski definition) is 5. The minimum Gasteiger partial charge on any atom is -0.477 e. The molecule has 0 bridgehead atoms. The number of halogens is 1.